The molecule has 1 amide bonds. The third kappa shape index (κ3) is 2.49. The summed E-state index contributed by atoms with van der Waals surface area (Å²) in [5.74, 6) is 1.58. The summed E-state index contributed by atoms with van der Waals surface area (Å²) in [6.07, 6.45) is 6.45. The van der Waals surface area contributed by atoms with E-state index < -0.39 is 0 Å². The minimum atomic E-state index is -0.366. The number of guanidine groups is 1. The maximum absolute atomic E-state index is 12.3. The Kier molecular flexibility index (Phi) is 2.88. The summed E-state index contributed by atoms with van der Waals surface area (Å²) in [7, 11) is 0. The van der Waals surface area contributed by atoms with Gasteiger partial charge in [0, 0.05) is 0 Å². The molecule has 4 heteroatoms. The fourth-order valence-electron chi connectivity index (χ4n) is 3.32. The second-order valence-corrected chi connectivity index (χ2v) is 7.51. The SMILES string of the molecule is CC(C)(C)C1CCC2(CC1)NC(=NC1CC1)NC2=O. The highest BCUT2D eigenvalue weighted by molar-refractivity contribution is 6.09. The van der Waals surface area contributed by atoms with Crippen LogP contribution < -0.4 is 10.6 Å². The molecule has 19 heavy (non-hydrogen) atoms. The van der Waals surface area contributed by atoms with E-state index in [1.165, 1.54) is 12.8 Å². The van der Waals surface area contributed by atoms with Crippen molar-refractivity contribution in [3.05, 3.63) is 0 Å². The molecule has 2 N–H and O–H groups in total. The molecule has 2 saturated carbocycles. The lowest BCUT2D eigenvalue weighted by molar-refractivity contribution is -0.125. The number of nitrogens with zero attached hydrogens (tertiary/aromatic N) is 1. The number of amides is 1. The molecule has 1 spiro atoms. The Morgan fingerprint density at radius 1 is 1.16 bits per heavy atom. The van der Waals surface area contributed by atoms with E-state index in [1.54, 1.807) is 0 Å². The molecule has 0 atom stereocenters. The van der Waals surface area contributed by atoms with Crippen molar-refractivity contribution in [2.75, 3.05) is 0 Å². The monoisotopic (exact) mass is 263 g/mol. The van der Waals surface area contributed by atoms with E-state index in [-0.39, 0.29) is 11.4 Å². The molecule has 1 saturated heterocycles. The third-order valence-electron chi connectivity index (χ3n) is 4.95. The molecular formula is C15H25N3O. The standard InChI is InChI=1S/C15H25N3O/c1-14(2,3)10-6-8-15(9-7-10)12(19)17-13(18-15)16-11-4-5-11/h10-11H,4-9H2,1-3H3,(H2,16,17,18,19). The Labute approximate surface area is 115 Å². The molecule has 0 aromatic carbocycles. The third-order valence-corrected chi connectivity index (χ3v) is 4.95. The number of carbonyl (C=O) groups is 1. The lowest BCUT2D eigenvalue weighted by Crippen LogP contribution is -2.50. The van der Waals surface area contributed by atoms with Gasteiger partial charge in [0.25, 0.3) is 5.91 Å². The smallest absolute Gasteiger partial charge is 0.252 e. The van der Waals surface area contributed by atoms with E-state index in [1.807, 2.05) is 0 Å². The Hall–Kier alpha value is -1.06. The minimum absolute atomic E-state index is 0.138. The Morgan fingerprint density at radius 2 is 1.79 bits per heavy atom. The molecule has 3 rings (SSSR count). The van der Waals surface area contributed by atoms with Gasteiger partial charge in [0.1, 0.15) is 5.54 Å². The topological polar surface area (TPSA) is 53.5 Å². The van der Waals surface area contributed by atoms with Gasteiger partial charge in [-0.15, -0.1) is 0 Å². The van der Waals surface area contributed by atoms with E-state index in [0.29, 0.717) is 11.5 Å². The Balaban J connectivity index is 1.67. The van der Waals surface area contributed by atoms with Gasteiger partial charge < -0.3 is 5.32 Å². The van der Waals surface area contributed by atoms with Gasteiger partial charge in [-0.3, -0.25) is 10.1 Å². The molecule has 4 nitrogen and oxygen atoms in total. The molecule has 3 aliphatic rings. The number of aliphatic imine (C=N–C) groups is 1. The maximum Gasteiger partial charge on any atom is 0.252 e. The van der Waals surface area contributed by atoms with E-state index in [2.05, 4.69) is 36.4 Å². The minimum Gasteiger partial charge on any atom is -0.342 e. The van der Waals surface area contributed by atoms with Gasteiger partial charge in [-0.2, -0.15) is 0 Å². The van der Waals surface area contributed by atoms with E-state index >= 15 is 0 Å². The van der Waals surface area contributed by atoms with Gasteiger partial charge in [-0.05, 0) is 49.9 Å². The van der Waals surface area contributed by atoms with Crippen molar-refractivity contribution < 1.29 is 4.79 Å². The lowest BCUT2D eigenvalue weighted by Gasteiger charge is -2.40. The molecular weight excluding hydrogens is 238 g/mol. The molecule has 0 radical (unpaired) electrons. The Morgan fingerprint density at radius 3 is 2.32 bits per heavy atom. The van der Waals surface area contributed by atoms with Crippen LogP contribution in [0.1, 0.15) is 59.3 Å². The normalized spacial score (nSPS) is 37.5. The zero-order valence-corrected chi connectivity index (χ0v) is 12.3. The molecule has 0 aromatic rings. The highest BCUT2D eigenvalue weighted by Crippen LogP contribution is 2.42. The predicted octanol–water partition coefficient (Wildman–Crippen LogP) is 2.20. The second kappa shape index (κ2) is 4.22. The summed E-state index contributed by atoms with van der Waals surface area (Å²) in [4.78, 5) is 16.8. The first-order valence-corrected chi connectivity index (χ1v) is 7.56. The van der Waals surface area contributed by atoms with Crippen LogP contribution in [0.5, 0.6) is 0 Å². The van der Waals surface area contributed by atoms with Crippen LogP contribution in [0.15, 0.2) is 4.99 Å². The lowest BCUT2D eigenvalue weighted by atomic mass is 9.67. The van der Waals surface area contributed by atoms with Crippen LogP contribution in [-0.4, -0.2) is 23.4 Å². The highest BCUT2D eigenvalue weighted by atomic mass is 16.2. The van der Waals surface area contributed by atoms with Crippen molar-refractivity contribution >= 4 is 11.9 Å². The van der Waals surface area contributed by atoms with Crippen LogP contribution in [-0.2, 0) is 4.79 Å². The average Bonchev–Trinajstić information content (AvgIpc) is 3.07. The maximum atomic E-state index is 12.3. The van der Waals surface area contributed by atoms with Crippen molar-refractivity contribution in [3.63, 3.8) is 0 Å². The van der Waals surface area contributed by atoms with Gasteiger partial charge in [0.15, 0.2) is 5.96 Å². The van der Waals surface area contributed by atoms with Crippen LogP contribution in [0.4, 0.5) is 0 Å². The van der Waals surface area contributed by atoms with Crippen molar-refractivity contribution in [2.45, 2.75) is 70.9 Å². The zero-order valence-electron chi connectivity index (χ0n) is 12.3. The molecule has 0 unspecified atom stereocenters. The van der Waals surface area contributed by atoms with Gasteiger partial charge >= 0.3 is 0 Å². The van der Waals surface area contributed by atoms with Crippen molar-refractivity contribution in [1.82, 2.24) is 10.6 Å². The zero-order chi connectivity index (χ0) is 13.7. The summed E-state index contributed by atoms with van der Waals surface area (Å²) in [5.41, 5.74) is -0.0168. The summed E-state index contributed by atoms with van der Waals surface area (Å²) < 4.78 is 0. The molecule has 1 aliphatic heterocycles. The predicted molar refractivity (Wildman–Crippen MR) is 75.9 cm³/mol. The molecule has 106 valence electrons. The van der Waals surface area contributed by atoms with Crippen molar-refractivity contribution in [2.24, 2.45) is 16.3 Å². The number of rotatable bonds is 1. The Bertz CT molecular complexity index is 410. The van der Waals surface area contributed by atoms with Crippen molar-refractivity contribution in [3.8, 4) is 0 Å². The van der Waals surface area contributed by atoms with Gasteiger partial charge in [-0.1, -0.05) is 20.8 Å². The van der Waals surface area contributed by atoms with E-state index in [4.69, 9.17) is 0 Å². The van der Waals surface area contributed by atoms with E-state index in [9.17, 15) is 4.79 Å². The molecule has 0 bridgehead atoms. The van der Waals surface area contributed by atoms with Crippen LogP contribution >= 0.6 is 0 Å². The largest absolute Gasteiger partial charge is 0.342 e. The quantitative estimate of drug-likeness (QED) is 0.762. The first-order chi connectivity index (χ1) is 8.89. The van der Waals surface area contributed by atoms with Gasteiger partial charge in [-0.25, -0.2) is 4.99 Å². The summed E-state index contributed by atoms with van der Waals surface area (Å²) in [5, 5.41) is 6.33. The second-order valence-electron chi connectivity index (χ2n) is 7.51. The van der Waals surface area contributed by atoms with Crippen LogP contribution in [0, 0.1) is 11.3 Å². The summed E-state index contributed by atoms with van der Waals surface area (Å²) in [6, 6.07) is 0.448. The highest BCUT2D eigenvalue weighted by Gasteiger charge is 2.48. The number of carbonyl (C=O) groups excluding carboxylic acids is 1. The molecule has 3 fully saturated rings. The van der Waals surface area contributed by atoms with Crippen LogP contribution in [0.25, 0.3) is 0 Å². The first kappa shape index (κ1) is 12.9. The van der Waals surface area contributed by atoms with Crippen molar-refractivity contribution in [1.29, 1.82) is 0 Å². The summed E-state index contributed by atoms with van der Waals surface area (Å²) in [6.45, 7) is 6.91. The van der Waals surface area contributed by atoms with Gasteiger partial charge in [0.05, 0.1) is 6.04 Å². The molecule has 2 aliphatic carbocycles. The summed E-state index contributed by atoms with van der Waals surface area (Å²) >= 11 is 0. The average molecular weight is 263 g/mol. The fraction of sp³-hybridized carbons (Fsp3) is 0.867. The molecule has 0 aromatic heterocycles. The van der Waals surface area contributed by atoms with E-state index in [0.717, 1.165) is 37.6 Å². The number of nitrogens with one attached hydrogen (secondary N) is 2. The molecule has 1 heterocycles. The fourth-order valence-corrected chi connectivity index (χ4v) is 3.32. The first-order valence-electron chi connectivity index (χ1n) is 7.56. The number of hydrogen-bond acceptors (Lipinski definition) is 2. The number of hydrogen-bond donors (Lipinski definition) is 2. The van der Waals surface area contributed by atoms with Crippen LogP contribution in [0.2, 0.25) is 0 Å². The van der Waals surface area contributed by atoms with Crippen LogP contribution in [0.3, 0.4) is 0 Å². The van der Waals surface area contributed by atoms with Gasteiger partial charge in [0.2, 0.25) is 0 Å².